The first-order valence-corrected chi connectivity index (χ1v) is 4.71. The molecule has 0 aromatic carbocycles. The minimum Gasteiger partial charge on any atom is -0.464 e. The molecule has 9 heteroatoms. The van der Waals surface area contributed by atoms with Crippen LogP contribution in [0.3, 0.4) is 0 Å². The van der Waals surface area contributed by atoms with Gasteiger partial charge in [0.1, 0.15) is 0 Å². The zero-order valence-corrected chi connectivity index (χ0v) is 9.50. The average Bonchev–Trinajstić information content (AvgIpc) is 2.08. The Morgan fingerprint density at radius 1 is 1.12 bits per heavy atom. The van der Waals surface area contributed by atoms with Crippen molar-refractivity contribution in [2.45, 2.75) is 31.1 Å². The van der Waals surface area contributed by atoms with Crippen molar-refractivity contribution in [1.29, 1.82) is 0 Å². The second-order valence-corrected chi connectivity index (χ2v) is 4.21. The molecule has 0 saturated heterocycles. The molecule has 0 aliphatic carbocycles. The molecule has 0 aromatic rings. The van der Waals surface area contributed by atoms with Gasteiger partial charge < -0.3 is 4.74 Å². The molecule has 0 rings (SSSR count). The van der Waals surface area contributed by atoms with Crippen molar-refractivity contribution in [3.63, 3.8) is 0 Å². The second-order valence-electron chi connectivity index (χ2n) is 3.65. The quantitative estimate of drug-likeness (QED) is 0.452. The molecule has 0 aliphatic rings. The van der Waals surface area contributed by atoms with Crippen LogP contribution in [-0.4, -0.2) is 29.8 Å². The first kappa shape index (κ1) is 16.3. The van der Waals surface area contributed by atoms with Crippen molar-refractivity contribution in [3.05, 3.63) is 0 Å². The molecular weight excluding hydrogens is 278 g/mol. The highest BCUT2D eigenvalue weighted by Crippen LogP contribution is 2.48. The first-order chi connectivity index (χ1) is 7.34. The molecule has 0 aliphatic heterocycles. The summed E-state index contributed by atoms with van der Waals surface area (Å²) in [7, 11) is 0. The van der Waals surface area contributed by atoms with E-state index in [1.165, 1.54) is 13.8 Å². The summed E-state index contributed by atoms with van der Waals surface area (Å²) in [6, 6.07) is 0. The number of rotatable bonds is 3. The van der Waals surface area contributed by atoms with E-state index in [1.54, 1.807) is 0 Å². The molecule has 0 fully saturated rings. The van der Waals surface area contributed by atoms with E-state index >= 15 is 0 Å². The zero-order chi connectivity index (χ0) is 14.1. The number of ether oxygens (including phenoxy) is 1. The Hall–Kier alpha value is -0.660. The molecule has 17 heavy (non-hydrogen) atoms. The van der Waals surface area contributed by atoms with Crippen molar-refractivity contribution >= 4 is 17.6 Å². The van der Waals surface area contributed by atoms with E-state index in [0.29, 0.717) is 0 Å². The molecule has 0 saturated carbocycles. The fourth-order valence-corrected chi connectivity index (χ4v) is 0.789. The van der Waals surface area contributed by atoms with Crippen molar-refractivity contribution in [2.75, 3.05) is 6.61 Å². The predicted molar refractivity (Wildman–Crippen MR) is 46.5 cm³/mol. The van der Waals surface area contributed by atoms with Crippen LogP contribution in [0.4, 0.5) is 26.3 Å². The van der Waals surface area contributed by atoms with Gasteiger partial charge in [-0.25, -0.2) is 4.79 Å². The Morgan fingerprint density at radius 3 is 1.71 bits per heavy atom. The van der Waals surface area contributed by atoms with Gasteiger partial charge >= 0.3 is 23.2 Å². The van der Waals surface area contributed by atoms with E-state index < -0.39 is 35.7 Å². The van der Waals surface area contributed by atoms with E-state index in [0.717, 1.165) is 0 Å². The Kier molecular flexibility index (Phi) is 4.72. The van der Waals surface area contributed by atoms with E-state index in [1.807, 2.05) is 0 Å². The van der Waals surface area contributed by atoms with Gasteiger partial charge in [-0.1, -0.05) is 25.4 Å². The molecule has 0 amide bonds. The van der Waals surface area contributed by atoms with Crippen LogP contribution in [0.2, 0.25) is 0 Å². The lowest BCUT2D eigenvalue weighted by atomic mass is 10.1. The van der Waals surface area contributed by atoms with Crippen LogP contribution in [0.5, 0.6) is 0 Å². The van der Waals surface area contributed by atoms with Crippen LogP contribution in [-0.2, 0) is 9.53 Å². The maximum Gasteiger partial charge on any atom is 0.427 e. The number of alkyl halides is 7. The number of esters is 1. The summed E-state index contributed by atoms with van der Waals surface area (Å²) in [5.74, 6) is -2.98. The summed E-state index contributed by atoms with van der Waals surface area (Å²) < 4.78 is 77.2. The minimum atomic E-state index is -5.99. The molecule has 102 valence electrons. The standard InChI is InChI=1S/C8H9ClF6O2/c1-4(2)3-17-5(16)6(9,7(10,11)12)8(13,14)15/h4H,3H2,1-2H3. The van der Waals surface area contributed by atoms with Gasteiger partial charge in [-0.3, -0.25) is 0 Å². The van der Waals surface area contributed by atoms with Crippen LogP contribution < -0.4 is 0 Å². The fraction of sp³-hybridized carbons (Fsp3) is 0.875. The summed E-state index contributed by atoms with van der Waals surface area (Å²) >= 11 is 4.40. The van der Waals surface area contributed by atoms with Gasteiger partial charge in [-0.2, -0.15) is 26.3 Å². The van der Waals surface area contributed by atoms with Gasteiger partial charge in [0.05, 0.1) is 6.61 Å². The Morgan fingerprint density at radius 2 is 1.47 bits per heavy atom. The molecule has 2 nitrogen and oxygen atoms in total. The minimum absolute atomic E-state index is 0.415. The Labute approximate surface area is 97.9 Å². The van der Waals surface area contributed by atoms with Crippen molar-refractivity contribution in [3.8, 4) is 0 Å². The van der Waals surface area contributed by atoms with Crippen LogP contribution in [0.1, 0.15) is 13.8 Å². The van der Waals surface area contributed by atoms with E-state index in [4.69, 9.17) is 0 Å². The SMILES string of the molecule is CC(C)COC(=O)C(Cl)(C(F)(F)F)C(F)(F)F. The molecule has 0 aromatic heterocycles. The highest BCUT2D eigenvalue weighted by molar-refractivity contribution is 6.35. The molecule has 0 bridgehead atoms. The van der Waals surface area contributed by atoms with Crippen LogP contribution in [0.15, 0.2) is 0 Å². The lowest BCUT2D eigenvalue weighted by Crippen LogP contribution is -2.58. The van der Waals surface area contributed by atoms with Crippen LogP contribution in [0.25, 0.3) is 0 Å². The third-order valence-electron chi connectivity index (χ3n) is 1.61. The van der Waals surface area contributed by atoms with Gasteiger partial charge in [0.2, 0.25) is 0 Å². The van der Waals surface area contributed by atoms with E-state index in [-0.39, 0.29) is 0 Å². The first-order valence-electron chi connectivity index (χ1n) is 4.33. The number of hydrogen-bond donors (Lipinski definition) is 0. The summed E-state index contributed by atoms with van der Waals surface area (Å²) in [6.07, 6.45) is -12.0. The number of carbonyl (C=O) groups is 1. The molecule has 0 atom stereocenters. The predicted octanol–water partition coefficient (Wildman–Crippen LogP) is 3.29. The topological polar surface area (TPSA) is 26.3 Å². The normalized spacial score (nSPS) is 14.0. The smallest absolute Gasteiger partial charge is 0.427 e. The third-order valence-corrected chi connectivity index (χ3v) is 2.19. The van der Waals surface area contributed by atoms with E-state index in [2.05, 4.69) is 16.3 Å². The molecule has 0 unspecified atom stereocenters. The van der Waals surface area contributed by atoms with Crippen molar-refractivity contribution < 1.29 is 35.9 Å². The monoisotopic (exact) mass is 286 g/mol. The summed E-state index contributed by atoms with van der Waals surface area (Å²) in [6.45, 7) is 2.31. The fourth-order valence-electron chi connectivity index (χ4n) is 0.734. The lowest BCUT2D eigenvalue weighted by Gasteiger charge is -2.29. The zero-order valence-electron chi connectivity index (χ0n) is 8.75. The van der Waals surface area contributed by atoms with Gasteiger partial charge in [-0.05, 0) is 5.92 Å². The van der Waals surface area contributed by atoms with E-state index in [9.17, 15) is 31.1 Å². The third kappa shape index (κ3) is 3.40. The summed E-state index contributed by atoms with van der Waals surface area (Å²) in [4.78, 5) is 5.85. The van der Waals surface area contributed by atoms with Gasteiger partial charge in [0.25, 0.3) is 0 Å². The summed E-state index contributed by atoms with van der Waals surface area (Å²) in [5, 5.41) is 0. The maximum absolute atomic E-state index is 12.2. The van der Waals surface area contributed by atoms with Gasteiger partial charge in [-0.15, -0.1) is 0 Å². The van der Waals surface area contributed by atoms with Gasteiger partial charge in [0, 0.05) is 0 Å². The largest absolute Gasteiger partial charge is 0.464 e. The lowest BCUT2D eigenvalue weighted by molar-refractivity contribution is -0.268. The number of hydrogen-bond acceptors (Lipinski definition) is 2. The highest BCUT2D eigenvalue weighted by Gasteiger charge is 2.76. The van der Waals surface area contributed by atoms with Gasteiger partial charge in [0.15, 0.2) is 0 Å². The molecular formula is C8H9ClF6O2. The Balaban J connectivity index is 5.16. The van der Waals surface area contributed by atoms with Crippen LogP contribution in [0, 0.1) is 5.92 Å². The number of carbonyl (C=O) groups excluding carboxylic acids is 1. The molecule has 0 radical (unpaired) electrons. The molecule has 0 heterocycles. The average molecular weight is 287 g/mol. The van der Waals surface area contributed by atoms with Crippen molar-refractivity contribution in [2.24, 2.45) is 5.92 Å². The van der Waals surface area contributed by atoms with Crippen molar-refractivity contribution in [1.82, 2.24) is 0 Å². The summed E-state index contributed by atoms with van der Waals surface area (Å²) in [5.41, 5.74) is 0. The second kappa shape index (κ2) is 4.91. The highest BCUT2D eigenvalue weighted by atomic mass is 35.5. The van der Waals surface area contributed by atoms with Crippen LogP contribution >= 0.6 is 11.6 Å². The maximum atomic E-state index is 12.2. The molecule has 0 N–H and O–H groups in total. The number of halogens is 7. The molecule has 0 spiro atoms. The Bertz CT molecular complexity index is 269.